The minimum atomic E-state index is -0.524. The maximum atomic E-state index is 13.5. The zero-order valence-electron chi connectivity index (χ0n) is 26.2. The summed E-state index contributed by atoms with van der Waals surface area (Å²) in [5.74, 6) is 0.267. The number of unbranched alkanes of at least 4 members (excludes halogenated alkanes) is 4. The molecular weight excluding hydrogens is 534 g/mol. The van der Waals surface area contributed by atoms with Crippen LogP contribution in [0.4, 0.5) is 16.2 Å². The van der Waals surface area contributed by atoms with Crippen LogP contribution in [-0.2, 0) is 6.54 Å². The van der Waals surface area contributed by atoms with Crippen molar-refractivity contribution < 1.29 is 9.59 Å². The second kappa shape index (κ2) is 16.1. The van der Waals surface area contributed by atoms with Crippen LogP contribution in [0.1, 0.15) is 67.8 Å². The second-order valence-electron chi connectivity index (χ2n) is 12.0. The van der Waals surface area contributed by atoms with Crippen molar-refractivity contribution in [3.05, 3.63) is 83.9 Å². The highest BCUT2D eigenvalue weighted by molar-refractivity contribution is 6.05. The van der Waals surface area contributed by atoms with Crippen molar-refractivity contribution in [3.8, 4) is 11.1 Å². The van der Waals surface area contributed by atoms with Gasteiger partial charge in [0.2, 0.25) is 0 Å². The van der Waals surface area contributed by atoms with Crippen molar-refractivity contribution in [1.82, 2.24) is 10.2 Å². The van der Waals surface area contributed by atoms with Crippen molar-refractivity contribution in [2.75, 3.05) is 50.1 Å². The summed E-state index contributed by atoms with van der Waals surface area (Å²) in [5.41, 5.74) is 11.6. The molecule has 7 heteroatoms. The number of primary amides is 1. The lowest BCUT2D eigenvalue weighted by Gasteiger charge is -2.32. The van der Waals surface area contributed by atoms with Gasteiger partial charge in [-0.15, -0.1) is 0 Å². The molecule has 1 saturated heterocycles. The zero-order valence-corrected chi connectivity index (χ0v) is 26.2. The predicted molar refractivity (Wildman–Crippen MR) is 179 cm³/mol. The number of carbonyl (C=O) groups excluding carboxylic acids is 2. The molecule has 0 saturated carbocycles. The number of carbonyl (C=O) groups is 2. The number of nitrogens with one attached hydrogen (secondary N) is 1. The molecule has 4 rings (SSSR count). The molecule has 0 spiro atoms. The van der Waals surface area contributed by atoms with Gasteiger partial charge in [0, 0.05) is 39.4 Å². The Morgan fingerprint density at radius 1 is 0.884 bits per heavy atom. The standard InChI is InChI=1S/C36H49N5O2/c1-4-5-6-7-11-22-41(36(37)43)34-19-18-32(39(2)3)25-33(34)35(42)38-26-28-20-23-40(24-21-28)27-29-14-16-31(17-15-29)30-12-9-8-10-13-30/h8-10,12-19,25,28H,4-7,11,20-24,26-27H2,1-3H3,(H2,37,43)(H,38,42). The number of anilines is 2. The number of hydrogen-bond acceptors (Lipinski definition) is 4. The molecule has 1 aliphatic heterocycles. The van der Waals surface area contributed by atoms with E-state index in [1.807, 2.05) is 43.3 Å². The number of urea groups is 1. The Morgan fingerprint density at radius 3 is 2.21 bits per heavy atom. The third-order valence-electron chi connectivity index (χ3n) is 8.51. The quantitative estimate of drug-likeness (QED) is 0.202. The second-order valence-corrected chi connectivity index (χ2v) is 12.0. The largest absolute Gasteiger partial charge is 0.378 e. The Bertz CT molecular complexity index is 1300. The summed E-state index contributed by atoms with van der Waals surface area (Å²) < 4.78 is 0. The molecule has 230 valence electrons. The number of rotatable bonds is 14. The first-order valence-electron chi connectivity index (χ1n) is 15.9. The smallest absolute Gasteiger partial charge is 0.319 e. The average molecular weight is 584 g/mol. The van der Waals surface area contributed by atoms with Crippen molar-refractivity contribution in [3.63, 3.8) is 0 Å². The third kappa shape index (κ3) is 9.32. The molecule has 3 aromatic rings. The molecule has 1 fully saturated rings. The Hall–Kier alpha value is -3.84. The zero-order chi connectivity index (χ0) is 30.6. The summed E-state index contributed by atoms with van der Waals surface area (Å²) in [6, 6.07) is 24.5. The van der Waals surface area contributed by atoms with E-state index in [1.54, 1.807) is 4.90 Å². The van der Waals surface area contributed by atoms with Crippen molar-refractivity contribution in [2.45, 2.75) is 58.4 Å². The fourth-order valence-corrected chi connectivity index (χ4v) is 5.81. The molecule has 0 radical (unpaired) electrons. The molecule has 0 bridgehead atoms. The number of nitrogens with two attached hydrogens (primary N) is 1. The van der Waals surface area contributed by atoms with Crippen LogP contribution in [0.2, 0.25) is 0 Å². The molecule has 1 heterocycles. The first kappa shape index (κ1) is 32.1. The van der Waals surface area contributed by atoms with Crippen molar-refractivity contribution in [1.29, 1.82) is 0 Å². The fourth-order valence-electron chi connectivity index (χ4n) is 5.81. The van der Waals surface area contributed by atoms with Crippen LogP contribution in [0.5, 0.6) is 0 Å². The number of likely N-dealkylation sites (tertiary alicyclic amines) is 1. The topological polar surface area (TPSA) is 81.9 Å². The summed E-state index contributed by atoms with van der Waals surface area (Å²) in [4.78, 5) is 32.0. The van der Waals surface area contributed by atoms with E-state index in [0.29, 0.717) is 30.3 Å². The van der Waals surface area contributed by atoms with E-state index >= 15 is 0 Å². The minimum Gasteiger partial charge on any atom is -0.378 e. The molecule has 3 N–H and O–H groups in total. The Balaban J connectivity index is 1.31. The molecule has 7 nitrogen and oxygen atoms in total. The van der Waals surface area contributed by atoms with Gasteiger partial charge in [-0.25, -0.2) is 4.79 Å². The molecular formula is C36H49N5O2. The van der Waals surface area contributed by atoms with Gasteiger partial charge in [0.15, 0.2) is 0 Å². The number of benzene rings is 3. The van der Waals surface area contributed by atoms with E-state index in [1.165, 1.54) is 23.1 Å². The fraction of sp³-hybridized carbons (Fsp3) is 0.444. The van der Waals surface area contributed by atoms with Gasteiger partial charge in [-0.05, 0) is 73.2 Å². The van der Waals surface area contributed by atoms with E-state index in [4.69, 9.17) is 5.73 Å². The number of piperidine rings is 1. The highest BCUT2D eigenvalue weighted by Crippen LogP contribution is 2.27. The van der Waals surface area contributed by atoms with E-state index in [-0.39, 0.29) is 5.91 Å². The van der Waals surface area contributed by atoms with Gasteiger partial charge in [-0.3, -0.25) is 14.6 Å². The number of hydrogen-bond donors (Lipinski definition) is 2. The summed E-state index contributed by atoms with van der Waals surface area (Å²) in [6.45, 7) is 6.27. The van der Waals surface area contributed by atoms with Gasteiger partial charge in [0.25, 0.3) is 5.91 Å². The first-order valence-corrected chi connectivity index (χ1v) is 15.9. The third-order valence-corrected chi connectivity index (χ3v) is 8.51. The van der Waals surface area contributed by atoms with Gasteiger partial charge in [0.1, 0.15) is 0 Å². The molecule has 1 aliphatic rings. The van der Waals surface area contributed by atoms with E-state index < -0.39 is 6.03 Å². The van der Waals surface area contributed by atoms with Crippen LogP contribution >= 0.6 is 0 Å². The maximum Gasteiger partial charge on any atom is 0.319 e. The Kier molecular flexibility index (Phi) is 12.0. The Morgan fingerprint density at radius 2 is 1.56 bits per heavy atom. The van der Waals surface area contributed by atoms with Crippen molar-refractivity contribution >= 4 is 23.3 Å². The molecule has 3 amide bonds. The summed E-state index contributed by atoms with van der Waals surface area (Å²) in [7, 11) is 3.89. The van der Waals surface area contributed by atoms with Crippen LogP contribution in [-0.4, -0.2) is 57.1 Å². The van der Waals surface area contributed by atoms with E-state index in [9.17, 15) is 9.59 Å². The molecule has 0 aromatic heterocycles. The lowest BCUT2D eigenvalue weighted by Crippen LogP contribution is -2.40. The lowest BCUT2D eigenvalue weighted by atomic mass is 9.96. The monoisotopic (exact) mass is 583 g/mol. The highest BCUT2D eigenvalue weighted by Gasteiger charge is 2.24. The minimum absolute atomic E-state index is 0.156. The average Bonchev–Trinajstić information content (AvgIpc) is 3.02. The van der Waals surface area contributed by atoms with Crippen LogP contribution in [0.15, 0.2) is 72.8 Å². The summed E-state index contributed by atoms with van der Waals surface area (Å²) in [6.07, 6.45) is 7.45. The van der Waals surface area contributed by atoms with E-state index in [0.717, 1.165) is 63.8 Å². The molecule has 43 heavy (non-hydrogen) atoms. The molecule has 3 aromatic carbocycles. The highest BCUT2D eigenvalue weighted by atomic mass is 16.2. The van der Waals surface area contributed by atoms with Gasteiger partial charge in [0.05, 0.1) is 11.3 Å². The Labute approximate surface area is 258 Å². The van der Waals surface area contributed by atoms with Gasteiger partial charge in [-0.2, -0.15) is 0 Å². The van der Waals surface area contributed by atoms with Gasteiger partial charge >= 0.3 is 6.03 Å². The van der Waals surface area contributed by atoms with E-state index in [2.05, 4.69) is 65.7 Å². The van der Waals surface area contributed by atoms with Crippen molar-refractivity contribution in [2.24, 2.45) is 11.7 Å². The SMILES string of the molecule is CCCCCCCN(C(N)=O)c1ccc(N(C)C)cc1C(=O)NCC1CCN(Cc2ccc(-c3ccccc3)cc2)CC1. The lowest BCUT2D eigenvalue weighted by molar-refractivity contribution is 0.0936. The molecule has 0 unspecified atom stereocenters. The number of amides is 3. The normalized spacial score (nSPS) is 13.9. The van der Waals surface area contributed by atoms with Gasteiger partial charge < -0.3 is 16.0 Å². The van der Waals surface area contributed by atoms with Crippen LogP contribution in [0, 0.1) is 5.92 Å². The summed E-state index contributed by atoms with van der Waals surface area (Å²) >= 11 is 0. The summed E-state index contributed by atoms with van der Waals surface area (Å²) in [5, 5.41) is 3.18. The molecule has 0 atom stereocenters. The van der Waals surface area contributed by atoms with Crippen LogP contribution < -0.4 is 20.9 Å². The van der Waals surface area contributed by atoms with Crippen LogP contribution in [0.3, 0.4) is 0 Å². The first-order chi connectivity index (χ1) is 20.9. The molecule has 0 aliphatic carbocycles. The maximum absolute atomic E-state index is 13.5. The van der Waals surface area contributed by atoms with Gasteiger partial charge in [-0.1, -0.05) is 87.2 Å². The predicted octanol–water partition coefficient (Wildman–Crippen LogP) is 6.92. The number of nitrogens with zero attached hydrogens (tertiary/aromatic N) is 3. The van der Waals surface area contributed by atoms with Crippen LogP contribution in [0.25, 0.3) is 11.1 Å².